The van der Waals surface area contributed by atoms with E-state index in [4.69, 9.17) is 4.74 Å². The van der Waals surface area contributed by atoms with Crippen LogP contribution >= 0.6 is 15.9 Å². The minimum atomic E-state index is -0.155. The predicted octanol–water partition coefficient (Wildman–Crippen LogP) is 3.88. The Labute approximate surface area is 133 Å². The second kappa shape index (κ2) is 7.38. The number of amides is 1. The van der Waals surface area contributed by atoms with Crippen LogP contribution in [-0.2, 0) is 4.74 Å². The molecule has 0 saturated heterocycles. The quantitative estimate of drug-likeness (QED) is 0.891. The van der Waals surface area contributed by atoms with Crippen molar-refractivity contribution in [2.24, 2.45) is 0 Å². The van der Waals surface area contributed by atoms with Crippen molar-refractivity contribution in [3.63, 3.8) is 0 Å². The highest BCUT2D eigenvalue weighted by Gasteiger charge is 2.15. The van der Waals surface area contributed by atoms with Crippen LogP contribution in [0.15, 0.2) is 53.0 Å². The molecule has 0 aliphatic carbocycles. The average Bonchev–Trinajstić information content (AvgIpc) is 2.49. The van der Waals surface area contributed by atoms with Crippen molar-refractivity contribution in [2.75, 3.05) is 13.7 Å². The highest BCUT2D eigenvalue weighted by molar-refractivity contribution is 9.10. The Bertz CT molecular complexity index is 628. The topological polar surface area (TPSA) is 38.3 Å². The summed E-state index contributed by atoms with van der Waals surface area (Å²) in [5.41, 5.74) is 2.86. The smallest absolute Gasteiger partial charge is 0.252 e. The summed E-state index contributed by atoms with van der Waals surface area (Å²) in [6.45, 7) is 2.47. The number of nitrogens with one attached hydrogen (secondary N) is 1. The highest BCUT2D eigenvalue weighted by atomic mass is 79.9. The molecule has 4 heteroatoms. The molecule has 0 aromatic heterocycles. The van der Waals surface area contributed by atoms with Gasteiger partial charge in [-0.15, -0.1) is 0 Å². The summed E-state index contributed by atoms with van der Waals surface area (Å²) in [5, 5.41) is 2.92. The third-order valence-electron chi connectivity index (χ3n) is 3.39. The lowest BCUT2D eigenvalue weighted by molar-refractivity contribution is 0.0825. The molecule has 3 nitrogen and oxygen atoms in total. The number of ether oxygens (including phenoxy) is 1. The second-order valence-electron chi connectivity index (χ2n) is 4.77. The van der Waals surface area contributed by atoms with Gasteiger partial charge < -0.3 is 10.1 Å². The first-order valence-electron chi connectivity index (χ1n) is 6.74. The van der Waals surface area contributed by atoms with Crippen LogP contribution in [0.2, 0.25) is 0 Å². The van der Waals surface area contributed by atoms with Gasteiger partial charge in [0.1, 0.15) is 0 Å². The molecular formula is C17H18BrNO2. The molecule has 2 aromatic rings. The van der Waals surface area contributed by atoms with E-state index in [0.717, 1.165) is 15.6 Å². The second-order valence-corrected chi connectivity index (χ2v) is 5.63. The first kappa shape index (κ1) is 15.7. The third-order valence-corrected chi connectivity index (χ3v) is 4.08. The minimum absolute atomic E-state index is 0.113. The van der Waals surface area contributed by atoms with Gasteiger partial charge in [0.2, 0.25) is 0 Å². The molecule has 110 valence electrons. The van der Waals surface area contributed by atoms with Gasteiger partial charge in [0.15, 0.2) is 0 Å². The van der Waals surface area contributed by atoms with Gasteiger partial charge in [-0.2, -0.15) is 0 Å². The molecule has 2 aromatic carbocycles. The van der Waals surface area contributed by atoms with Gasteiger partial charge >= 0.3 is 0 Å². The van der Waals surface area contributed by atoms with Crippen LogP contribution in [0.1, 0.15) is 27.6 Å². The van der Waals surface area contributed by atoms with Gasteiger partial charge in [0.25, 0.3) is 5.91 Å². The minimum Gasteiger partial charge on any atom is -0.375 e. The zero-order valence-electron chi connectivity index (χ0n) is 12.1. The Morgan fingerprint density at radius 3 is 2.52 bits per heavy atom. The largest absolute Gasteiger partial charge is 0.375 e. The summed E-state index contributed by atoms with van der Waals surface area (Å²) in [7, 11) is 1.65. The molecule has 0 unspecified atom stereocenters. The molecule has 0 spiro atoms. The lowest BCUT2D eigenvalue weighted by Gasteiger charge is -2.18. The Morgan fingerprint density at radius 1 is 1.19 bits per heavy atom. The van der Waals surface area contributed by atoms with Crippen LogP contribution < -0.4 is 5.32 Å². The van der Waals surface area contributed by atoms with Gasteiger partial charge in [-0.25, -0.2) is 0 Å². The number of benzene rings is 2. The number of carbonyl (C=O) groups is 1. The fourth-order valence-corrected chi connectivity index (χ4v) is 2.66. The number of halogens is 1. The van der Waals surface area contributed by atoms with Crippen molar-refractivity contribution >= 4 is 21.8 Å². The number of methoxy groups -OCH3 is 1. The van der Waals surface area contributed by atoms with Gasteiger partial charge in [-0.3, -0.25) is 4.79 Å². The van der Waals surface area contributed by atoms with E-state index in [9.17, 15) is 4.79 Å². The normalized spacial score (nSPS) is 12.0. The maximum absolute atomic E-state index is 12.2. The molecule has 0 fully saturated rings. The van der Waals surface area contributed by atoms with Gasteiger partial charge in [0.05, 0.1) is 11.7 Å². The Balaban J connectivity index is 2.06. The van der Waals surface area contributed by atoms with Gasteiger partial charge in [-0.05, 0) is 46.1 Å². The summed E-state index contributed by atoms with van der Waals surface area (Å²) in [4.78, 5) is 12.2. The highest BCUT2D eigenvalue weighted by Crippen LogP contribution is 2.20. The van der Waals surface area contributed by atoms with Gasteiger partial charge in [-0.1, -0.05) is 36.4 Å². The monoisotopic (exact) mass is 347 g/mol. The zero-order chi connectivity index (χ0) is 15.2. The zero-order valence-corrected chi connectivity index (χ0v) is 13.7. The fourth-order valence-electron chi connectivity index (χ4n) is 2.19. The molecule has 2 rings (SSSR count). The SMILES string of the molecule is CO[C@@H](CNC(=O)c1ccccc1Br)c1ccccc1C. The molecular weight excluding hydrogens is 330 g/mol. The molecule has 1 N–H and O–H groups in total. The summed E-state index contributed by atoms with van der Waals surface area (Å²) in [6.07, 6.45) is -0.155. The van der Waals surface area contributed by atoms with Crippen LogP contribution in [0, 0.1) is 6.92 Å². The molecule has 0 aliphatic heterocycles. The maximum atomic E-state index is 12.2. The van der Waals surface area contributed by atoms with Crippen molar-refractivity contribution in [3.8, 4) is 0 Å². The summed E-state index contributed by atoms with van der Waals surface area (Å²) in [6, 6.07) is 15.4. The van der Waals surface area contributed by atoms with E-state index >= 15 is 0 Å². The predicted molar refractivity (Wildman–Crippen MR) is 87.4 cm³/mol. The summed E-state index contributed by atoms with van der Waals surface area (Å²) in [5.74, 6) is -0.113. The molecule has 0 radical (unpaired) electrons. The van der Waals surface area contributed by atoms with E-state index in [0.29, 0.717) is 12.1 Å². The van der Waals surface area contributed by atoms with Crippen LogP contribution in [0.4, 0.5) is 0 Å². The maximum Gasteiger partial charge on any atom is 0.252 e. The molecule has 0 saturated carbocycles. The number of hydrogen-bond donors (Lipinski definition) is 1. The number of hydrogen-bond acceptors (Lipinski definition) is 2. The lowest BCUT2D eigenvalue weighted by atomic mass is 10.0. The molecule has 1 atom stereocenters. The van der Waals surface area contributed by atoms with Crippen LogP contribution in [0.5, 0.6) is 0 Å². The van der Waals surface area contributed by atoms with Crippen molar-refractivity contribution in [2.45, 2.75) is 13.0 Å². The van der Waals surface area contributed by atoms with Gasteiger partial charge in [0, 0.05) is 18.1 Å². The Hall–Kier alpha value is -1.65. The van der Waals surface area contributed by atoms with Crippen molar-refractivity contribution in [3.05, 3.63) is 69.7 Å². The first-order chi connectivity index (χ1) is 10.1. The molecule has 0 bridgehead atoms. The third kappa shape index (κ3) is 3.93. The van der Waals surface area contributed by atoms with Crippen LogP contribution in [0.3, 0.4) is 0 Å². The summed E-state index contributed by atoms with van der Waals surface area (Å²) >= 11 is 3.39. The van der Waals surface area contributed by atoms with Crippen molar-refractivity contribution in [1.29, 1.82) is 0 Å². The molecule has 0 aliphatic rings. The van der Waals surface area contributed by atoms with E-state index in [1.807, 2.05) is 49.4 Å². The van der Waals surface area contributed by atoms with E-state index in [1.54, 1.807) is 13.2 Å². The first-order valence-corrected chi connectivity index (χ1v) is 7.54. The molecule has 0 heterocycles. The number of aryl methyl sites for hydroxylation is 1. The van der Waals surface area contributed by atoms with Crippen LogP contribution in [0.25, 0.3) is 0 Å². The van der Waals surface area contributed by atoms with E-state index in [1.165, 1.54) is 0 Å². The van der Waals surface area contributed by atoms with E-state index in [2.05, 4.69) is 21.2 Å². The van der Waals surface area contributed by atoms with Crippen molar-refractivity contribution < 1.29 is 9.53 Å². The van der Waals surface area contributed by atoms with E-state index < -0.39 is 0 Å². The summed E-state index contributed by atoms with van der Waals surface area (Å²) < 4.78 is 6.29. The van der Waals surface area contributed by atoms with Crippen molar-refractivity contribution in [1.82, 2.24) is 5.32 Å². The number of rotatable bonds is 5. The lowest BCUT2D eigenvalue weighted by Crippen LogP contribution is -2.29. The standard InChI is InChI=1S/C17H18BrNO2/c1-12-7-3-4-8-13(12)16(21-2)11-19-17(20)14-9-5-6-10-15(14)18/h3-10,16H,11H2,1-2H3,(H,19,20)/t16-/m0/s1. The van der Waals surface area contributed by atoms with E-state index in [-0.39, 0.29) is 12.0 Å². The Kier molecular flexibility index (Phi) is 5.53. The fraction of sp³-hybridized carbons (Fsp3) is 0.235. The number of carbonyl (C=O) groups excluding carboxylic acids is 1. The molecule has 21 heavy (non-hydrogen) atoms. The Morgan fingerprint density at radius 2 is 1.86 bits per heavy atom. The molecule has 1 amide bonds. The average molecular weight is 348 g/mol. The van der Waals surface area contributed by atoms with Crippen LogP contribution in [-0.4, -0.2) is 19.6 Å².